The Labute approximate surface area is 87.6 Å². The van der Waals surface area contributed by atoms with E-state index in [4.69, 9.17) is 34.8 Å². The molecule has 0 heterocycles. The Bertz CT molecular complexity index is 236. The molecule has 0 spiro atoms. The highest BCUT2D eigenvalue weighted by Gasteiger charge is 2.02. The highest BCUT2D eigenvalue weighted by atomic mass is 127. The number of rotatable bonds is 0. The monoisotopic (exact) mass is 306 g/mol. The van der Waals surface area contributed by atoms with E-state index in [9.17, 15) is 0 Å². The van der Waals surface area contributed by atoms with Gasteiger partial charge in [0.15, 0.2) is 0 Å². The van der Waals surface area contributed by atoms with Crippen molar-refractivity contribution >= 4 is 57.4 Å². The number of hydrogen-bond acceptors (Lipinski definition) is 0. The highest BCUT2D eigenvalue weighted by molar-refractivity contribution is 14.1. The molecule has 0 unspecified atom stereocenters. The molecule has 4 heteroatoms. The van der Waals surface area contributed by atoms with E-state index in [2.05, 4.69) is 22.6 Å². The molecule has 0 bridgehead atoms. The van der Waals surface area contributed by atoms with Crippen LogP contribution in [0.25, 0.3) is 0 Å². The zero-order chi connectivity index (χ0) is 7.72. The van der Waals surface area contributed by atoms with Crippen LogP contribution >= 0.6 is 57.4 Å². The largest absolute Gasteiger partial charge is 0.0842 e. The quantitative estimate of drug-likeness (QED) is 0.382. The molecule has 0 radical (unpaired) electrons. The maximum Gasteiger partial charge on any atom is 0.0726 e. The summed E-state index contributed by atoms with van der Waals surface area (Å²) >= 11 is 19.2. The van der Waals surface area contributed by atoms with Gasteiger partial charge in [-0.15, -0.1) is 0 Å². The van der Waals surface area contributed by atoms with Crippen molar-refractivity contribution in [1.29, 1.82) is 0 Å². The maximum absolute atomic E-state index is 5.75. The molecule has 0 amide bonds. The number of hydrogen-bond donors (Lipinski definition) is 0. The van der Waals surface area contributed by atoms with Gasteiger partial charge in [0, 0.05) is 8.59 Å². The summed E-state index contributed by atoms with van der Waals surface area (Å²) in [5.41, 5.74) is 0. The summed E-state index contributed by atoms with van der Waals surface area (Å²) in [6, 6.07) is 3.38. The fourth-order valence-electron chi connectivity index (χ4n) is 0.525. The molecule has 0 N–H and O–H groups in total. The van der Waals surface area contributed by atoms with Crippen molar-refractivity contribution in [3.8, 4) is 0 Å². The van der Waals surface area contributed by atoms with Crippen LogP contribution < -0.4 is 0 Å². The minimum atomic E-state index is 0.499. The van der Waals surface area contributed by atoms with Crippen LogP contribution in [0.2, 0.25) is 15.1 Å². The van der Waals surface area contributed by atoms with E-state index in [0.29, 0.717) is 15.1 Å². The molecular formula is C6H2Cl3I. The first-order chi connectivity index (χ1) is 4.61. The Morgan fingerprint density at radius 3 is 2.20 bits per heavy atom. The first kappa shape index (κ1) is 8.91. The fraction of sp³-hybridized carbons (Fsp3) is 0. The molecule has 10 heavy (non-hydrogen) atoms. The summed E-state index contributed by atoms with van der Waals surface area (Å²) in [6.45, 7) is 0. The van der Waals surface area contributed by atoms with Crippen LogP contribution in [0.5, 0.6) is 0 Å². The van der Waals surface area contributed by atoms with Crippen molar-refractivity contribution < 1.29 is 0 Å². The van der Waals surface area contributed by atoms with Gasteiger partial charge < -0.3 is 0 Å². The Morgan fingerprint density at radius 1 is 1.10 bits per heavy atom. The van der Waals surface area contributed by atoms with E-state index >= 15 is 0 Å². The molecule has 1 aromatic carbocycles. The van der Waals surface area contributed by atoms with E-state index in [1.807, 2.05) is 0 Å². The van der Waals surface area contributed by atoms with Gasteiger partial charge >= 0.3 is 0 Å². The van der Waals surface area contributed by atoms with Crippen LogP contribution in [0, 0.1) is 3.57 Å². The van der Waals surface area contributed by atoms with Gasteiger partial charge in [-0.3, -0.25) is 0 Å². The normalized spacial score (nSPS) is 10.0. The minimum absolute atomic E-state index is 0.499. The topological polar surface area (TPSA) is 0 Å². The van der Waals surface area contributed by atoms with Crippen molar-refractivity contribution in [3.05, 3.63) is 30.8 Å². The summed E-state index contributed by atoms with van der Waals surface area (Å²) in [6.07, 6.45) is 0. The first-order valence-corrected chi connectivity index (χ1v) is 4.62. The van der Waals surface area contributed by atoms with Crippen molar-refractivity contribution in [2.24, 2.45) is 0 Å². The second-order valence-electron chi connectivity index (χ2n) is 1.68. The zero-order valence-corrected chi connectivity index (χ0v) is 9.09. The SMILES string of the molecule is Clc1cc(Cl)c(Cl)c(I)c1. The van der Waals surface area contributed by atoms with Crippen LogP contribution in [0.4, 0.5) is 0 Å². The predicted molar refractivity (Wildman–Crippen MR) is 54.2 cm³/mol. The van der Waals surface area contributed by atoms with E-state index in [-0.39, 0.29) is 0 Å². The summed E-state index contributed by atoms with van der Waals surface area (Å²) in [7, 11) is 0. The molecule has 0 nitrogen and oxygen atoms in total. The molecule has 0 saturated carbocycles. The van der Waals surface area contributed by atoms with Gasteiger partial charge in [0.2, 0.25) is 0 Å². The van der Waals surface area contributed by atoms with Crippen LogP contribution in [0.1, 0.15) is 0 Å². The summed E-state index contributed by atoms with van der Waals surface area (Å²) in [5, 5.41) is 1.67. The van der Waals surface area contributed by atoms with Crippen molar-refractivity contribution in [3.63, 3.8) is 0 Å². The van der Waals surface area contributed by atoms with Gasteiger partial charge in [0.05, 0.1) is 10.0 Å². The Kier molecular flexibility index (Phi) is 3.10. The molecule has 1 rings (SSSR count). The van der Waals surface area contributed by atoms with Crippen LogP contribution in [-0.4, -0.2) is 0 Å². The lowest BCUT2D eigenvalue weighted by atomic mass is 10.4. The second-order valence-corrected chi connectivity index (χ2v) is 4.07. The summed E-state index contributed by atoms with van der Waals surface area (Å²) < 4.78 is 0.872. The first-order valence-electron chi connectivity index (χ1n) is 2.41. The average Bonchev–Trinajstić information content (AvgIpc) is 1.82. The standard InChI is InChI=1S/C6H2Cl3I/c7-3-1-4(8)6(9)5(10)2-3/h1-2H. The van der Waals surface area contributed by atoms with Crippen molar-refractivity contribution in [1.82, 2.24) is 0 Å². The molecule has 0 aliphatic carbocycles. The molecule has 0 fully saturated rings. The van der Waals surface area contributed by atoms with Crippen molar-refractivity contribution in [2.75, 3.05) is 0 Å². The van der Waals surface area contributed by atoms with Gasteiger partial charge in [-0.1, -0.05) is 34.8 Å². The summed E-state index contributed by atoms with van der Waals surface area (Å²) in [5.74, 6) is 0. The second kappa shape index (κ2) is 3.48. The minimum Gasteiger partial charge on any atom is -0.0842 e. The van der Waals surface area contributed by atoms with Crippen LogP contribution in [0.3, 0.4) is 0 Å². The van der Waals surface area contributed by atoms with Crippen LogP contribution in [0.15, 0.2) is 12.1 Å². The third-order valence-corrected chi connectivity index (χ3v) is 3.14. The third-order valence-electron chi connectivity index (χ3n) is 0.949. The van der Waals surface area contributed by atoms with Gasteiger partial charge in [0.1, 0.15) is 0 Å². The van der Waals surface area contributed by atoms with Gasteiger partial charge in [0.25, 0.3) is 0 Å². The Hall–Kier alpha value is 0.820. The maximum atomic E-state index is 5.75. The molecule has 0 aliphatic rings. The Balaban J connectivity index is 3.31. The average molecular weight is 307 g/mol. The van der Waals surface area contributed by atoms with E-state index < -0.39 is 0 Å². The van der Waals surface area contributed by atoms with E-state index in [1.54, 1.807) is 12.1 Å². The van der Waals surface area contributed by atoms with E-state index in [1.165, 1.54) is 0 Å². The smallest absolute Gasteiger partial charge is 0.0726 e. The highest BCUT2D eigenvalue weighted by Crippen LogP contribution is 2.30. The zero-order valence-electron chi connectivity index (χ0n) is 4.67. The van der Waals surface area contributed by atoms with Gasteiger partial charge in [-0.2, -0.15) is 0 Å². The number of halogens is 4. The van der Waals surface area contributed by atoms with Gasteiger partial charge in [-0.05, 0) is 34.7 Å². The third kappa shape index (κ3) is 1.91. The lowest BCUT2D eigenvalue weighted by Gasteiger charge is -1.98. The summed E-state index contributed by atoms with van der Waals surface area (Å²) in [4.78, 5) is 0. The Morgan fingerprint density at radius 2 is 1.70 bits per heavy atom. The molecule has 0 aromatic heterocycles. The molecule has 0 atom stereocenters. The molecule has 0 aliphatic heterocycles. The van der Waals surface area contributed by atoms with Gasteiger partial charge in [-0.25, -0.2) is 0 Å². The fourth-order valence-corrected chi connectivity index (χ4v) is 2.10. The molecule has 1 aromatic rings. The molecule has 0 saturated heterocycles. The van der Waals surface area contributed by atoms with E-state index in [0.717, 1.165) is 3.57 Å². The molecular weight excluding hydrogens is 305 g/mol. The number of benzene rings is 1. The van der Waals surface area contributed by atoms with Crippen molar-refractivity contribution in [2.45, 2.75) is 0 Å². The lowest BCUT2D eigenvalue weighted by molar-refractivity contribution is 1.64. The lowest BCUT2D eigenvalue weighted by Crippen LogP contribution is -1.75. The molecule has 54 valence electrons. The predicted octanol–water partition coefficient (Wildman–Crippen LogP) is 4.25. The van der Waals surface area contributed by atoms with Crippen LogP contribution in [-0.2, 0) is 0 Å².